The fourth-order valence-electron chi connectivity index (χ4n) is 3.16. The van der Waals surface area contributed by atoms with Crippen molar-refractivity contribution in [2.75, 3.05) is 27.4 Å². The smallest absolute Gasteiger partial charge is 0.410 e. The van der Waals surface area contributed by atoms with Gasteiger partial charge in [-0.1, -0.05) is 0 Å². The van der Waals surface area contributed by atoms with E-state index in [1.165, 1.54) is 0 Å². The first-order valence-electron chi connectivity index (χ1n) is 8.66. The molecule has 1 amide bonds. The van der Waals surface area contributed by atoms with E-state index in [1.807, 2.05) is 32.9 Å². The van der Waals surface area contributed by atoms with Gasteiger partial charge in [0.05, 0.1) is 20.3 Å². The third-order valence-electron chi connectivity index (χ3n) is 4.27. The molecular formula is C19H29NO5. The Morgan fingerprint density at radius 3 is 2.44 bits per heavy atom. The third-order valence-corrected chi connectivity index (χ3v) is 4.27. The predicted octanol–water partition coefficient (Wildman–Crippen LogP) is 3.31. The highest BCUT2D eigenvalue weighted by Crippen LogP contribution is 2.40. The maximum atomic E-state index is 12.7. The molecule has 0 fully saturated rings. The van der Waals surface area contributed by atoms with Crippen LogP contribution in [-0.4, -0.2) is 49.1 Å². The van der Waals surface area contributed by atoms with Crippen LogP contribution in [0.3, 0.4) is 0 Å². The van der Waals surface area contributed by atoms with Crippen molar-refractivity contribution >= 4 is 6.09 Å². The molecule has 140 valence electrons. The summed E-state index contributed by atoms with van der Waals surface area (Å²) < 4.78 is 16.4. The largest absolute Gasteiger partial charge is 0.493 e. The van der Waals surface area contributed by atoms with Gasteiger partial charge >= 0.3 is 6.09 Å². The zero-order valence-electron chi connectivity index (χ0n) is 15.8. The number of carbonyl (C=O) groups is 1. The molecule has 1 N–H and O–H groups in total. The number of methoxy groups -OCH3 is 2. The Hall–Kier alpha value is -1.95. The summed E-state index contributed by atoms with van der Waals surface area (Å²) in [7, 11) is 3.21. The summed E-state index contributed by atoms with van der Waals surface area (Å²) in [5.41, 5.74) is 1.62. The van der Waals surface area contributed by atoms with Crippen molar-refractivity contribution in [3.05, 3.63) is 23.3 Å². The summed E-state index contributed by atoms with van der Waals surface area (Å²) in [5.74, 6) is 1.33. The number of amides is 1. The molecular weight excluding hydrogens is 322 g/mol. The van der Waals surface area contributed by atoms with E-state index in [1.54, 1.807) is 19.1 Å². The molecule has 0 saturated carbocycles. The average Bonchev–Trinajstić information content (AvgIpc) is 2.56. The first kappa shape index (κ1) is 19.4. The Kier molecular flexibility index (Phi) is 6.16. The number of hydrogen-bond donors (Lipinski definition) is 1. The summed E-state index contributed by atoms with van der Waals surface area (Å²) in [6.07, 6.45) is 1.68. The van der Waals surface area contributed by atoms with Crippen LogP contribution in [0.25, 0.3) is 0 Å². The molecule has 0 unspecified atom stereocenters. The monoisotopic (exact) mass is 351 g/mol. The molecule has 0 bridgehead atoms. The number of ether oxygens (including phenoxy) is 3. The summed E-state index contributed by atoms with van der Waals surface area (Å²) >= 11 is 0. The van der Waals surface area contributed by atoms with Crippen molar-refractivity contribution in [2.45, 2.75) is 51.7 Å². The molecule has 0 spiro atoms. The highest BCUT2D eigenvalue weighted by atomic mass is 16.6. The molecule has 1 atom stereocenters. The normalized spacial score (nSPS) is 17.0. The van der Waals surface area contributed by atoms with E-state index in [4.69, 9.17) is 14.2 Å². The minimum Gasteiger partial charge on any atom is -0.493 e. The molecule has 2 rings (SSSR count). The Bertz CT molecular complexity index is 609. The van der Waals surface area contributed by atoms with Crippen LogP contribution in [0.5, 0.6) is 11.5 Å². The molecule has 1 aliphatic rings. The standard InChI is InChI=1S/C19H29NO5/c1-19(2,3)25-18(22)20-9-8-13-11-16(23-4)17(24-5)12-14(13)15(20)7-6-10-21/h11-12,15,21H,6-10H2,1-5H3/t15-/m1/s1. The van der Waals surface area contributed by atoms with Crippen LogP contribution in [0, 0.1) is 0 Å². The molecule has 0 saturated heterocycles. The minimum absolute atomic E-state index is 0.0846. The van der Waals surface area contributed by atoms with E-state index in [9.17, 15) is 9.90 Å². The van der Waals surface area contributed by atoms with Gasteiger partial charge in [0.25, 0.3) is 0 Å². The van der Waals surface area contributed by atoms with Gasteiger partial charge in [-0.2, -0.15) is 0 Å². The van der Waals surface area contributed by atoms with E-state index in [0.717, 1.165) is 17.5 Å². The molecule has 0 radical (unpaired) electrons. The zero-order chi connectivity index (χ0) is 18.6. The van der Waals surface area contributed by atoms with Crippen molar-refractivity contribution in [2.24, 2.45) is 0 Å². The van der Waals surface area contributed by atoms with Crippen LogP contribution < -0.4 is 9.47 Å². The minimum atomic E-state index is -0.545. The van der Waals surface area contributed by atoms with Crippen LogP contribution in [0.4, 0.5) is 4.79 Å². The van der Waals surface area contributed by atoms with Crippen molar-refractivity contribution in [3.8, 4) is 11.5 Å². The summed E-state index contributed by atoms with van der Waals surface area (Å²) in [6.45, 7) is 6.24. The molecule has 1 aromatic rings. The van der Waals surface area contributed by atoms with E-state index >= 15 is 0 Å². The number of hydrogen-bond acceptors (Lipinski definition) is 5. The fraction of sp³-hybridized carbons (Fsp3) is 0.632. The van der Waals surface area contributed by atoms with E-state index in [2.05, 4.69) is 0 Å². The summed E-state index contributed by atoms with van der Waals surface area (Å²) in [6, 6.07) is 3.77. The fourth-order valence-corrected chi connectivity index (χ4v) is 3.16. The van der Waals surface area contributed by atoms with Crippen LogP contribution in [0.1, 0.15) is 50.8 Å². The Labute approximate surface area is 149 Å². The lowest BCUT2D eigenvalue weighted by molar-refractivity contribution is 0.0125. The Balaban J connectivity index is 2.38. The number of rotatable bonds is 5. The lowest BCUT2D eigenvalue weighted by atomic mass is 9.89. The molecule has 1 aromatic carbocycles. The van der Waals surface area contributed by atoms with E-state index in [0.29, 0.717) is 30.9 Å². The maximum Gasteiger partial charge on any atom is 0.410 e. The number of aliphatic hydroxyl groups excluding tert-OH is 1. The SMILES string of the molecule is COc1cc2c(cc1OC)[C@@H](CCCO)N(C(=O)OC(C)(C)C)CC2. The second-order valence-corrected chi connectivity index (χ2v) is 7.21. The molecule has 6 nitrogen and oxygen atoms in total. The van der Waals surface area contributed by atoms with Gasteiger partial charge in [0.15, 0.2) is 11.5 Å². The number of nitrogens with zero attached hydrogens (tertiary/aromatic N) is 1. The van der Waals surface area contributed by atoms with Crippen molar-refractivity contribution in [1.29, 1.82) is 0 Å². The van der Waals surface area contributed by atoms with Gasteiger partial charge in [-0.15, -0.1) is 0 Å². The van der Waals surface area contributed by atoms with Crippen LogP contribution in [-0.2, 0) is 11.2 Å². The van der Waals surface area contributed by atoms with Gasteiger partial charge in [0.1, 0.15) is 5.60 Å². The molecule has 1 heterocycles. The molecule has 6 heteroatoms. The molecule has 0 aliphatic carbocycles. The maximum absolute atomic E-state index is 12.7. The Morgan fingerprint density at radius 1 is 1.24 bits per heavy atom. The lowest BCUT2D eigenvalue weighted by Gasteiger charge is -2.38. The van der Waals surface area contributed by atoms with Gasteiger partial charge < -0.3 is 24.2 Å². The second-order valence-electron chi connectivity index (χ2n) is 7.21. The highest BCUT2D eigenvalue weighted by Gasteiger charge is 2.34. The highest BCUT2D eigenvalue weighted by molar-refractivity contribution is 5.70. The predicted molar refractivity (Wildman–Crippen MR) is 95.3 cm³/mol. The second kappa shape index (κ2) is 7.95. The van der Waals surface area contributed by atoms with E-state index < -0.39 is 5.60 Å². The third kappa shape index (κ3) is 4.57. The van der Waals surface area contributed by atoms with E-state index in [-0.39, 0.29) is 18.7 Å². The molecule has 0 aromatic heterocycles. The van der Waals surface area contributed by atoms with Crippen LogP contribution in [0.15, 0.2) is 12.1 Å². The quantitative estimate of drug-likeness (QED) is 0.881. The number of carbonyl (C=O) groups excluding carboxylic acids is 1. The van der Waals surface area contributed by atoms with Gasteiger partial charge in [0, 0.05) is 13.2 Å². The van der Waals surface area contributed by atoms with Crippen LogP contribution in [0.2, 0.25) is 0 Å². The topological polar surface area (TPSA) is 68.2 Å². The number of fused-ring (bicyclic) bond motifs is 1. The van der Waals surface area contributed by atoms with Gasteiger partial charge in [-0.25, -0.2) is 4.79 Å². The first-order valence-corrected chi connectivity index (χ1v) is 8.66. The summed E-state index contributed by atoms with van der Waals surface area (Å²) in [4.78, 5) is 14.4. The summed E-state index contributed by atoms with van der Waals surface area (Å²) in [5, 5.41) is 9.26. The van der Waals surface area contributed by atoms with Gasteiger partial charge in [0.2, 0.25) is 0 Å². The van der Waals surface area contributed by atoms with Gasteiger partial charge in [-0.05, 0) is 63.3 Å². The van der Waals surface area contributed by atoms with Crippen molar-refractivity contribution in [1.82, 2.24) is 4.90 Å². The Morgan fingerprint density at radius 2 is 1.88 bits per heavy atom. The van der Waals surface area contributed by atoms with Crippen molar-refractivity contribution < 1.29 is 24.1 Å². The average molecular weight is 351 g/mol. The van der Waals surface area contributed by atoms with Crippen LogP contribution >= 0.6 is 0 Å². The molecule has 25 heavy (non-hydrogen) atoms. The zero-order valence-corrected chi connectivity index (χ0v) is 15.8. The number of aliphatic hydroxyl groups is 1. The lowest BCUT2D eigenvalue weighted by Crippen LogP contribution is -2.43. The van der Waals surface area contributed by atoms with Gasteiger partial charge in [-0.3, -0.25) is 0 Å². The first-order chi connectivity index (χ1) is 11.8. The number of benzene rings is 1. The van der Waals surface area contributed by atoms with Crippen molar-refractivity contribution in [3.63, 3.8) is 0 Å². The molecule has 1 aliphatic heterocycles.